The number of ether oxygens (including phenoxy) is 2. The molecule has 4 rings (SSSR count). The highest BCUT2D eigenvalue weighted by Crippen LogP contribution is 2.39. The number of rotatable bonds is 3. The van der Waals surface area contributed by atoms with E-state index in [0.717, 1.165) is 28.9 Å². The second kappa shape index (κ2) is 6.99. The average Bonchev–Trinajstić information content (AvgIpc) is 3.05. The molecule has 140 valence electrons. The fraction of sp³-hybridized carbons (Fsp3) is 0.318. The van der Waals surface area contributed by atoms with E-state index >= 15 is 0 Å². The van der Waals surface area contributed by atoms with E-state index < -0.39 is 0 Å². The van der Waals surface area contributed by atoms with Gasteiger partial charge >= 0.3 is 6.09 Å². The van der Waals surface area contributed by atoms with Crippen molar-refractivity contribution < 1.29 is 14.3 Å². The van der Waals surface area contributed by atoms with Crippen LogP contribution < -0.4 is 4.74 Å². The van der Waals surface area contributed by atoms with Crippen molar-refractivity contribution in [2.45, 2.75) is 26.3 Å². The molecule has 0 radical (unpaired) electrons. The second-order valence-electron chi connectivity index (χ2n) is 6.88. The van der Waals surface area contributed by atoms with Crippen molar-refractivity contribution in [2.75, 3.05) is 20.3 Å². The number of aromatic nitrogens is 1. The largest absolute Gasteiger partial charge is 0.497 e. The minimum atomic E-state index is -0.279. The van der Waals surface area contributed by atoms with Crippen LogP contribution in [-0.2, 0) is 11.2 Å². The third-order valence-corrected chi connectivity index (χ3v) is 5.22. The molecule has 27 heavy (non-hydrogen) atoms. The fourth-order valence-electron chi connectivity index (χ4n) is 3.94. The zero-order chi connectivity index (χ0) is 19.0. The Bertz CT molecular complexity index is 975. The van der Waals surface area contributed by atoms with Gasteiger partial charge in [-0.2, -0.15) is 0 Å². The Hall–Kier alpha value is -2.95. The summed E-state index contributed by atoms with van der Waals surface area (Å²) in [5.74, 6) is 0.796. The number of methoxy groups -OCH3 is 1. The number of hydrogen-bond acceptors (Lipinski definition) is 3. The van der Waals surface area contributed by atoms with Gasteiger partial charge in [-0.1, -0.05) is 23.8 Å². The Balaban J connectivity index is 1.86. The highest BCUT2D eigenvalue weighted by Gasteiger charge is 2.35. The van der Waals surface area contributed by atoms with E-state index in [9.17, 15) is 4.79 Å². The number of H-pyrrole nitrogens is 1. The van der Waals surface area contributed by atoms with Crippen LogP contribution >= 0.6 is 0 Å². The van der Waals surface area contributed by atoms with Crippen molar-refractivity contribution in [3.63, 3.8) is 0 Å². The summed E-state index contributed by atoms with van der Waals surface area (Å²) in [5, 5.41) is 1.24. The molecule has 1 unspecified atom stereocenters. The summed E-state index contributed by atoms with van der Waals surface area (Å²) in [6, 6.07) is 14.1. The molecule has 2 aromatic carbocycles. The van der Waals surface area contributed by atoms with Gasteiger partial charge in [-0.05, 0) is 55.7 Å². The molecule has 0 bridgehead atoms. The zero-order valence-electron chi connectivity index (χ0n) is 15.9. The Morgan fingerprint density at radius 3 is 2.70 bits per heavy atom. The molecule has 0 spiro atoms. The predicted octanol–water partition coefficient (Wildman–Crippen LogP) is 4.59. The number of nitrogens with one attached hydrogen (secondary N) is 1. The lowest BCUT2D eigenvalue weighted by Crippen LogP contribution is -2.40. The molecule has 1 N–H and O–H groups in total. The van der Waals surface area contributed by atoms with Gasteiger partial charge < -0.3 is 14.5 Å². The molecule has 3 aromatic rings. The number of fused-ring (bicyclic) bond motifs is 3. The number of aromatic amines is 1. The quantitative estimate of drug-likeness (QED) is 0.740. The van der Waals surface area contributed by atoms with Crippen LogP contribution in [0.25, 0.3) is 10.9 Å². The normalized spacial score (nSPS) is 16.3. The molecule has 0 aliphatic carbocycles. The van der Waals surface area contributed by atoms with Crippen LogP contribution in [0, 0.1) is 6.92 Å². The van der Waals surface area contributed by atoms with E-state index in [0.29, 0.717) is 13.2 Å². The summed E-state index contributed by atoms with van der Waals surface area (Å²) in [5.41, 5.74) is 5.73. The standard InChI is InChI=1S/C22H24N2O3/c1-4-27-22(25)24-12-11-17-18-13-14(2)5-10-19(18)23-20(17)21(24)15-6-8-16(26-3)9-7-15/h5-10,13,21,23H,4,11-12H2,1-3H3. The maximum Gasteiger partial charge on any atom is 0.410 e. The lowest BCUT2D eigenvalue weighted by Gasteiger charge is -2.35. The first-order chi connectivity index (χ1) is 13.1. The van der Waals surface area contributed by atoms with Crippen molar-refractivity contribution in [3.05, 3.63) is 64.8 Å². The first-order valence-corrected chi connectivity index (χ1v) is 9.30. The number of aryl methyl sites for hydroxylation is 1. The molecule has 1 aliphatic rings. The van der Waals surface area contributed by atoms with Crippen LogP contribution in [0.1, 0.15) is 35.3 Å². The van der Waals surface area contributed by atoms with Crippen molar-refractivity contribution in [3.8, 4) is 5.75 Å². The van der Waals surface area contributed by atoms with Crippen molar-refractivity contribution in [1.82, 2.24) is 9.88 Å². The summed E-state index contributed by atoms with van der Waals surface area (Å²) in [7, 11) is 1.65. The molecule has 1 amide bonds. The molecule has 0 fully saturated rings. The monoisotopic (exact) mass is 364 g/mol. The molecule has 2 heterocycles. The van der Waals surface area contributed by atoms with Crippen LogP contribution in [0.2, 0.25) is 0 Å². The molecular weight excluding hydrogens is 340 g/mol. The molecule has 0 saturated carbocycles. The molecule has 0 saturated heterocycles. The first kappa shape index (κ1) is 17.5. The van der Waals surface area contributed by atoms with Crippen LogP contribution in [-0.4, -0.2) is 36.2 Å². The van der Waals surface area contributed by atoms with Gasteiger partial charge in [0, 0.05) is 23.1 Å². The molecule has 5 nitrogen and oxygen atoms in total. The lowest BCUT2D eigenvalue weighted by molar-refractivity contribution is 0.0932. The third-order valence-electron chi connectivity index (χ3n) is 5.22. The first-order valence-electron chi connectivity index (χ1n) is 9.30. The van der Waals surface area contributed by atoms with Gasteiger partial charge in [-0.15, -0.1) is 0 Å². The van der Waals surface area contributed by atoms with Gasteiger partial charge in [0.05, 0.1) is 13.7 Å². The topological polar surface area (TPSA) is 54.6 Å². The highest BCUT2D eigenvalue weighted by molar-refractivity contribution is 5.86. The van der Waals surface area contributed by atoms with E-state index in [4.69, 9.17) is 9.47 Å². The van der Waals surface area contributed by atoms with Crippen molar-refractivity contribution >= 4 is 17.0 Å². The molecular formula is C22H24N2O3. The van der Waals surface area contributed by atoms with E-state index in [-0.39, 0.29) is 12.1 Å². The number of amides is 1. The van der Waals surface area contributed by atoms with Crippen LogP contribution in [0.5, 0.6) is 5.75 Å². The molecule has 1 atom stereocenters. The van der Waals surface area contributed by atoms with E-state index in [1.807, 2.05) is 36.1 Å². The number of carbonyl (C=O) groups is 1. The van der Waals surface area contributed by atoms with E-state index in [1.54, 1.807) is 7.11 Å². The Kier molecular flexibility index (Phi) is 4.52. The van der Waals surface area contributed by atoms with Gasteiger partial charge in [-0.25, -0.2) is 4.79 Å². The van der Waals surface area contributed by atoms with Gasteiger partial charge in [0.2, 0.25) is 0 Å². The Labute approximate surface area is 158 Å². The van der Waals surface area contributed by atoms with Crippen molar-refractivity contribution in [1.29, 1.82) is 0 Å². The maximum atomic E-state index is 12.6. The summed E-state index contributed by atoms with van der Waals surface area (Å²) >= 11 is 0. The Morgan fingerprint density at radius 1 is 1.22 bits per heavy atom. The molecule has 1 aromatic heterocycles. The van der Waals surface area contributed by atoms with Crippen molar-refractivity contribution in [2.24, 2.45) is 0 Å². The maximum absolute atomic E-state index is 12.6. The van der Waals surface area contributed by atoms with Crippen LogP contribution in [0.15, 0.2) is 42.5 Å². The number of nitrogens with zero attached hydrogens (tertiary/aromatic N) is 1. The minimum Gasteiger partial charge on any atom is -0.497 e. The average molecular weight is 364 g/mol. The van der Waals surface area contributed by atoms with E-state index in [1.165, 1.54) is 16.5 Å². The summed E-state index contributed by atoms with van der Waals surface area (Å²) in [6.07, 6.45) is 0.531. The number of benzene rings is 2. The van der Waals surface area contributed by atoms with Crippen LogP contribution in [0.4, 0.5) is 4.79 Å². The fourth-order valence-corrected chi connectivity index (χ4v) is 3.94. The third kappa shape index (κ3) is 3.03. The van der Waals surface area contributed by atoms with Gasteiger partial charge in [0.25, 0.3) is 0 Å². The van der Waals surface area contributed by atoms with E-state index in [2.05, 4.69) is 30.1 Å². The zero-order valence-corrected chi connectivity index (χ0v) is 15.9. The number of hydrogen-bond donors (Lipinski definition) is 1. The molecule has 5 heteroatoms. The lowest BCUT2D eigenvalue weighted by atomic mass is 9.92. The number of carbonyl (C=O) groups excluding carboxylic acids is 1. The van der Waals surface area contributed by atoms with Gasteiger partial charge in [-0.3, -0.25) is 4.90 Å². The highest BCUT2D eigenvalue weighted by atomic mass is 16.6. The van der Waals surface area contributed by atoms with Gasteiger partial charge in [0.1, 0.15) is 11.8 Å². The Morgan fingerprint density at radius 2 is 2.00 bits per heavy atom. The SMILES string of the molecule is CCOC(=O)N1CCc2c([nH]c3ccc(C)cc23)C1c1ccc(OC)cc1. The van der Waals surface area contributed by atoms with Crippen LogP contribution in [0.3, 0.4) is 0 Å². The smallest absolute Gasteiger partial charge is 0.410 e. The summed E-state index contributed by atoms with van der Waals surface area (Å²) in [4.78, 5) is 18.0. The minimum absolute atomic E-state index is 0.202. The molecule has 1 aliphatic heterocycles. The second-order valence-corrected chi connectivity index (χ2v) is 6.88. The summed E-state index contributed by atoms with van der Waals surface area (Å²) in [6.45, 7) is 4.93. The van der Waals surface area contributed by atoms with Gasteiger partial charge in [0.15, 0.2) is 0 Å². The predicted molar refractivity (Wildman–Crippen MR) is 105 cm³/mol. The summed E-state index contributed by atoms with van der Waals surface area (Å²) < 4.78 is 10.6.